The molecule has 21 heavy (non-hydrogen) atoms. The minimum atomic E-state index is -0.360. The first-order valence-electron chi connectivity index (χ1n) is 7.56. The van der Waals surface area contributed by atoms with Crippen LogP contribution in [0.3, 0.4) is 0 Å². The zero-order valence-corrected chi connectivity index (χ0v) is 12.8. The van der Waals surface area contributed by atoms with E-state index in [9.17, 15) is 4.79 Å². The number of halogens is 1. The number of nitrogens with one attached hydrogen (secondary N) is 2. The van der Waals surface area contributed by atoms with Gasteiger partial charge in [0.1, 0.15) is 6.10 Å². The van der Waals surface area contributed by atoms with E-state index in [1.807, 2.05) is 12.1 Å². The second-order valence-corrected chi connectivity index (χ2v) is 6.36. The summed E-state index contributed by atoms with van der Waals surface area (Å²) in [6, 6.07) is 8.00. The highest BCUT2D eigenvalue weighted by Crippen LogP contribution is 2.43. The van der Waals surface area contributed by atoms with E-state index in [-0.39, 0.29) is 17.4 Å². The van der Waals surface area contributed by atoms with Crippen molar-refractivity contribution in [3.05, 3.63) is 34.9 Å². The standard InChI is InChI=1S/C16H21ClN2O2/c17-13-4-2-12(3-5-13)16(6-1-7-16)11-19-15(20)14-10-18-8-9-21-14/h2-5,14,18H,1,6-11H2,(H,19,20). The Morgan fingerprint density at radius 2 is 2.14 bits per heavy atom. The van der Waals surface area contributed by atoms with E-state index in [0.29, 0.717) is 19.7 Å². The van der Waals surface area contributed by atoms with Crippen LogP contribution in [0.2, 0.25) is 5.02 Å². The molecule has 0 spiro atoms. The van der Waals surface area contributed by atoms with Gasteiger partial charge < -0.3 is 15.4 Å². The van der Waals surface area contributed by atoms with Gasteiger partial charge in [-0.05, 0) is 30.5 Å². The lowest BCUT2D eigenvalue weighted by molar-refractivity contribution is -0.134. The predicted molar refractivity (Wildman–Crippen MR) is 82.6 cm³/mol. The zero-order chi connectivity index (χ0) is 14.7. The summed E-state index contributed by atoms with van der Waals surface area (Å²) in [6.07, 6.45) is 3.07. The topological polar surface area (TPSA) is 50.4 Å². The minimum Gasteiger partial charge on any atom is -0.366 e. The van der Waals surface area contributed by atoms with E-state index in [2.05, 4.69) is 22.8 Å². The smallest absolute Gasteiger partial charge is 0.250 e. The fraction of sp³-hybridized carbons (Fsp3) is 0.562. The molecule has 1 atom stereocenters. The molecule has 2 aliphatic rings. The van der Waals surface area contributed by atoms with Crippen LogP contribution >= 0.6 is 11.6 Å². The Labute approximate surface area is 130 Å². The van der Waals surface area contributed by atoms with E-state index >= 15 is 0 Å². The van der Waals surface area contributed by atoms with E-state index in [1.54, 1.807) is 0 Å². The van der Waals surface area contributed by atoms with Crippen molar-refractivity contribution in [3.8, 4) is 0 Å². The van der Waals surface area contributed by atoms with Gasteiger partial charge in [-0.1, -0.05) is 30.2 Å². The summed E-state index contributed by atoms with van der Waals surface area (Å²) in [7, 11) is 0. The minimum absolute atomic E-state index is 0.0116. The summed E-state index contributed by atoms with van der Waals surface area (Å²) >= 11 is 5.96. The monoisotopic (exact) mass is 308 g/mol. The lowest BCUT2D eigenvalue weighted by atomic mass is 9.64. The van der Waals surface area contributed by atoms with Crippen molar-refractivity contribution in [3.63, 3.8) is 0 Å². The highest BCUT2D eigenvalue weighted by molar-refractivity contribution is 6.30. The summed E-state index contributed by atoms with van der Waals surface area (Å²) in [4.78, 5) is 12.2. The highest BCUT2D eigenvalue weighted by atomic mass is 35.5. The Bertz CT molecular complexity index is 494. The second-order valence-electron chi connectivity index (χ2n) is 5.92. The summed E-state index contributed by atoms with van der Waals surface area (Å²) in [6.45, 7) is 2.69. The number of carbonyl (C=O) groups excluding carboxylic acids is 1. The molecule has 114 valence electrons. The molecule has 2 fully saturated rings. The van der Waals surface area contributed by atoms with E-state index < -0.39 is 0 Å². The number of benzene rings is 1. The molecule has 0 bridgehead atoms. The molecular formula is C16H21ClN2O2. The van der Waals surface area contributed by atoms with Crippen LogP contribution in [-0.2, 0) is 14.9 Å². The van der Waals surface area contributed by atoms with E-state index in [1.165, 1.54) is 12.0 Å². The average molecular weight is 309 g/mol. The molecule has 2 N–H and O–H groups in total. The maximum Gasteiger partial charge on any atom is 0.250 e. The van der Waals surface area contributed by atoms with Crippen LogP contribution in [0.25, 0.3) is 0 Å². The van der Waals surface area contributed by atoms with Crippen LogP contribution in [0.4, 0.5) is 0 Å². The van der Waals surface area contributed by atoms with Gasteiger partial charge >= 0.3 is 0 Å². The highest BCUT2D eigenvalue weighted by Gasteiger charge is 2.39. The molecule has 1 saturated heterocycles. The number of rotatable bonds is 4. The van der Waals surface area contributed by atoms with Gasteiger partial charge in [-0.25, -0.2) is 0 Å². The van der Waals surface area contributed by atoms with Crippen molar-refractivity contribution >= 4 is 17.5 Å². The molecule has 0 radical (unpaired) electrons. The van der Waals surface area contributed by atoms with Gasteiger partial charge in [-0.15, -0.1) is 0 Å². The normalized spacial score (nSPS) is 24.1. The molecule has 1 heterocycles. The van der Waals surface area contributed by atoms with Crippen LogP contribution in [0.5, 0.6) is 0 Å². The second kappa shape index (κ2) is 6.34. The van der Waals surface area contributed by atoms with Crippen molar-refractivity contribution in [2.45, 2.75) is 30.8 Å². The molecule has 1 aromatic rings. The molecule has 3 rings (SSSR count). The predicted octanol–water partition coefficient (Wildman–Crippen LogP) is 1.87. The van der Waals surface area contributed by atoms with Crippen molar-refractivity contribution in [2.24, 2.45) is 0 Å². The fourth-order valence-corrected chi connectivity index (χ4v) is 3.20. The van der Waals surface area contributed by atoms with Gasteiger partial charge in [-0.2, -0.15) is 0 Å². The molecule has 1 saturated carbocycles. The quantitative estimate of drug-likeness (QED) is 0.893. The SMILES string of the molecule is O=C(NCC1(c2ccc(Cl)cc2)CCC1)C1CNCCO1. The lowest BCUT2D eigenvalue weighted by Crippen LogP contribution is -2.52. The van der Waals surface area contributed by atoms with Gasteiger partial charge in [-0.3, -0.25) is 4.79 Å². The van der Waals surface area contributed by atoms with Gasteiger partial charge in [0.2, 0.25) is 5.91 Å². The molecule has 0 aromatic heterocycles. The van der Waals surface area contributed by atoms with Gasteiger partial charge in [0, 0.05) is 30.1 Å². The number of carbonyl (C=O) groups is 1. The number of amides is 1. The number of hydrogen-bond acceptors (Lipinski definition) is 3. The zero-order valence-electron chi connectivity index (χ0n) is 12.0. The molecule has 1 aliphatic carbocycles. The molecule has 4 nitrogen and oxygen atoms in total. The lowest BCUT2D eigenvalue weighted by Gasteiger charge is -2.43. The molecule has 5 heteroatoms. The van der Waals surface area contributed by atoms with Gasteiger partial charge in [0.15, 0.2) is 0 Å². The van der Waals surface area contributed by atoms with Gasteiger partial charge in [0.05, 0.1) is 6.61 Å². The summed E-state index contributed by atoms with van der Waals surface area (Å²) in [5.74, 6) is -0.0116. The summed E-state index contributed by atoms with van der Waals surface area (Å²) in [5, 5.41) is 7.00. The Balaban J connectivity index is 1.61. The first kappa shape index (κ1) is 14.8. The largest absolute Gasteiger partial charge is 0.366 e. The fourth-order valence-electron chi connectivity index (χ4n) is 3.08. The van der Waals surface area contributed by atoms with Crippen LogP contribution in [-0.4, -0.2) is 38.3 Å². The van der Waals surface area contributed by atoms with Crippen molar-refractivity contribution in [2.75, 3.05) is 26.2 Å². The van der Waals surface area contributed by atoms with Crippen molar-refractivity contribution in [1.82, 2.24) is 10.6 Å². The molecule has 1 aliphatic heterocycles. The average Bonchev–Trinajstić information content (AvgIpc) is 2.48. The third kappa shape index (κ3) is 3.23. The summed E-state index contributed by atoms with van der Waals surface area (Å²) in [5.41, 5.74) is 1.34. The Morgan fingerprint density at radius 3 is 2.71 bits per heavy atom. The first-order chi connectivity index (χ1) is 10.2. The maximum absolute atomic E-state index is 12.2. The molecular weight excluding hydrogens is 288 g/mol. The van der Waals surface area contributed by atoms with E-state index in [4.69, 9.17) is 16.3 Å². The number of hydrogen-bond donors (Lipinski definition) is 2. The molecule has 1 amide bonds. The van der Waals surface area contributed by atoms with Crippen LogP contribution in [0.15, 0.2) is 24.3 Å². The Kier molecular flexibility index (Phi) is 4.48. The van der Waals surface area contributed by atoms with E-state index in [0.717, 1.165) is 24.4 Å². The summed E-state index contributed by atoms with van der Waals surface area (Å²) < 4.78 is 5.49. The Hall–Kier alpha value is -1.10. The van der Waals surface area contributed by atoms with Crippen molar-refractivity contribution in [1.29, 1.82) is 0 Å². The van der Waals surface area contributed by atoms with Crippen LogP contribution < -0.4 is 10.6 Å². The van der Waals surface area contributed by atoms with Crippen LogP contribution in [0, 0.1) is 0 Å². The maximum atomic E-state index is 12.2. The number of ether oxygens (including phenoxy) is 1. The number of morpholine rings is 1. The first-order valence-corrected chi connectivity index (χ1v) is 7.94. The van der Waals surface area contributed by atoms with Crippen molar-refractivity contribution < 1.29 is 9.53 Å². The van der Waals surface area contributed by atoms with Crippen LogP contribution in [0.1, 0.15) is 24.8 Å². The Morgan fingerprint density at radius 1 is 1.38 bits per heavy atom. The third-order valence-corrected chi connectivity index (χ3v) is 4.84. The molecule has 1 aromatic carbocycles. The van der Waals surface area contributed by atoms with Gasteiger partial charge in [0.25, 0.3) is 0 Å². The molecule has 1 unspecified atom stereocenters. The third-order valence-electron chi connectivity index (χ3n) is 4.59.